The highest BCUT2D eigenvalue weighted by Gasteiger charge is 2.72. The zero-order valence-corrected chi connectivity index (χ0v) is 18.2. The normalized spacial score (nSPS) is 23.9. The van der Waals surface area contributed by atoms with Gasteiger partial charge in [0.1, 0.15) is 11.5 Å². The summed E-state index contributed by atoms with van der Waals surface area (Å²) in [5.41, 5.74) is 1.50. The molecule has 0 N–H and O–H groups in total. The molecule has 34 heavy (non-hydrogen) atoms. The number of benzene rings is 3. The van der Waals surface area contributed by atoms with E-state index in [1.54, 1.807) is 29.6 Å². The molecule has 1 aromatic heterocycles. The molecule has 166 valence electrons. The topological polar surface area (TPSA) is 62.7 Å². The number of aromatic nitrogens is 1. The van der Waals surface area contributed by atoms with E-state index < -0.39 is 17.6 Å². The number of imide groups is 1. The number of hydrogen-bond acceptors (Lipinski definition) is 5. The number of fused-ring (bicyclic) bond motifs is 1. The lowest BCUT2D eigenvalue weighted by Crippen LogP contribution is -2.46. The summed E-state index contributed by atoms with van der Waals surface area (Å²) in [6, 6.07) is 31.2. The first-order valence-electron chi connectivity index (χ1n) is 11.1. The Morgan fingerprint density at radius 1 is 0.735 bits per heavy atom. The number of para-hydroxylation sites is 2. The second-order valence-electron chi connectivity index (χ2n) is 8.39. The lowest BCUT2D eigenvalue weighted by Gasteiger charge is -2.35. The van der Waals surface area contributed by atoms with Crippen molar-refractivity contribution >= 4 is 23.2 Å². The molecule has 6 heteroatoms. The van der Waals surface area contributed by atoms with Gasteiger partial charge in [0.15, 0.2) is 6.10 Å². The number of hydrogen-bond donors (Lipinski definition) is 0. The first-order chi connectivity index (χ1) is 16.7. The summed E-state index contributed by atoms with van der Waals surface area (Å²) in [5.74, 6) is -0.695. The summed E-state index contributed by atoms with van der Waals surface area (Å²) in [4.78, 5) is 40.3. The van der Waals surface area contributed by atoms with Crippen LogP contribution in [0.1, 0.15) is 17.2 Å². The maximum atomic E-state index is 14.5. The lowest BCUT2D eigenvalue weighted by atomic mass is 9.69. The number of nitrogens with zero attached hydrogens (tertiary/aromatic N) is 3. The largest absolute Gasteiger partial charge is 0.273 e. The van der Waals surface area contributed by atoms with Crippen LogP contribution < -0.4 is 9.96 Å². The van der Waals surface area contributed by atoms with Crippen LogP contribution >= 0.6 is 0 Å². The third kappa shape index (κ3) is 2.82. The standard InChI is InChI=1S/C28H21N3O3/c32-26-25-28(21-12-4-1-5-13-21,27(33)30(26)22-14-6-2-7-15-22)24(20-11-10-18-29-19-20)31(34-25)23-16-8-3-9-17-23/h1-19,24-25H. The summed E-state index contributed by atoms with van der Waals surface area (Å²) in [6.07, 6.45) is 2.39. The van der Waals surface area contributed by atoms with Gasteiger partial charge in [-0.1, -0.05) is 72.8 Å². The molecule has 3 unspecified atom stereocenters. The molecule has 2 fully saturated rings. The molecule has 6 nitrogen and oxygen atoms in total. The fourth-order valence-electron chi connectivity index (χ4n) is 5.15. The Labute approximate surface area is 197 Å². The first-order valence-corrected chi connectivity index (χ1v) is 11.1. The zero-order valence-electron chi connectivity index (χ0n) is 18.2. The van der Waals surface area contributed by atoms with Gasteiger partial charge in [-0.15, -0.1) is 0 Å². The van der Waals surface area contributed by atoms with E-state index in [9.17, 15) is 9.59 Å². The predicted octanol–water partition coefficient (Wildman–Crippen LogP) is 4.45. The quantitative estimate of drug-likeness (QED) is 0.433. The van der Waals surface area contributed by atoms with E-state index in [1.165, 1.54) is 4.90 Å². The number of rotatable bonds is 4. The molecule has 0 saturated carbocycles. The molecular weight excluding hydrogens is 426 g/mol. The van der Waals surface area contributed by atoms with Crippen molar-refractivity contribution in [1.29, 1.82) is 0 Å². The van der Waals surface area contributed by atoms with E-state index in [1.807, 2.05) is 91.0 Å². The minimum absolute atomic E-state index is 0.313. The fourth-order valence-corrected chi connectivity index (χ4v) is 5.15. The van der Waals surface area contributed by atoms with E-state index in [0.29, 0.717) is 5.69 Å². The molecule has 2 saturated heterocycles. The molecule has 3 atom stereocenters. The smallest absolute Gasteiger partial charge is 0.267 e. The van der Waals surface area contributed by atoms with Crippen LogP contribution in [0, 0.1) is 0 Å². The van der Waals surface area contributed by atoms with Crippen molar-refractivity contribution in [3.63, 3.8) is 0 Å². The van der Waals surface area contributed by atoms with Crippen molar-refractivity contribution in [3.05, 3.63) is 127 Å². The second kappa shape index (κ2) is 7.93. The maximum Gasteiger partial charge on any atom is 0.267 e. The van der Waals surface area contributed by atoms with Gasteiger partial charge in [-0.3, -0.25) is 19.4 Å². The third-order valence-corrected chi connectivity index (χ3v) is 6.58. The van der Waals surface area contributed by atoms with Gasteiger partial charge in [0.2, 0.25) is 5.91 Å². The van der Waals surface area contributed by atoms with Crippen molar-refractivity contribution in [3.8, 4) is 0 Å². The van der Waals surface area contributed by atoms with Crippen molar-refractivity contribution in [1.82, 2.24) is 4.98 Å². The Morgan fingerprint density at radius 2 is 1.35 bits per heavy atom. The molecule has 0 bridgehead atoms. The number of carbonyl (C=O) groups is 2. The van der Waals surface area contributed by atoms with E-state index >= 15 is 0 Å². The van der Waals surface area contributed by atoms with Crippen LogP contribution in [-0.4, -0.2) is 22.9 Å². The monoisotopic (exact) mass is 447 g/mol. The predicted molar refractivity (Wildman–Crippen MR) is 128 cm³/mol. The van der Waals surface area contributed by atoms with Gasteiger partial charge in [-0.25, -0.2) is 9.96 Å². The maximum absolute atomic E-state index is 14.5. The molecule has 4 aromatic rings. The molecule has 2 amide bonds. The Morgan fingerprint density at radius 3 is 1.97 bits per heavy atom. The van der Waals surface area contributed by atoms with Crippen LogP contribution in [0.25, 0.3) is 0 Å². The van der Waals surface area contributed by atoms with Gasteiger partial charge in [0, 0.05) is 12.4 Å². The van der Waals surface area contributed by atoms with E-state index in [0.717, 1.165) is 16.8 Å². The highest BCUT2D eigenvalue weighted by atomic mass is 16.7. The van der Waals surface area contributed by atoms with Crippen molar-refractivity contribution in [2.24, 2.45) is 0 Å². The number of hydroxylamine groups is 1. The van der Waals surface area contributed by atoms with E-state index in [-0.39, 0.29) is 11.8 Å². The molecule has 6 rings (SSSR count). The Balaban J connectivity index is 1.62. The summed E-state index contributed by atoms with van der Waals surface area (Å²) in [6.45, 7) is 0. The van der Waals surface area contributed by atoms with Crippen LogP contribution in [0.4, 0.5) is 11.4 Å². The van der Waals surface area contributed by atoms with Crippen molar-refractivity contribution in [2.75, 3.05) is 9.96 Å². The molecule has 2 aliphatic heterocycles. The van der Waals surface area contributed by atoms with E-state index in [2.05, 4.69) is 4.98 Å². The summed E-state index contributed by atoms with van der Waals surface area (Å²) in [7, 11) is 0. The molecular formula is C28H21N3O3. The van der Waals surface area contributed by atoms with E-state index in [4.69, 9.17) is 4.84 Å². The summed E-state index contributed by atoms with van der Waals surface area (Å²) < 4.78 is 0. The first kappa shape index (κ1) is 20.3. The summed E-state index contributed by atoms with van der Waals surface area (Å²) in [5, 5.41) is 1.70. The molecule has 0 aliphatic carbocycles. The molecule has 3 aromatic carbocycles. The number of pyridine rings is 1. The van der Waals surface area contributed by atoms with Crippen LogP contribution in [0.2, 0.25) is 0 Å². The SMILES string of the molecule is O=C1C2ON(c3ccccc3)C(c3cccnc3)C2(c2ccccc2)C(=O)N1c1ccccc1. The minimum atomic E-state index is -1.30. The Bertz CT molecular complexity index is 1330. The van der Waals surface area contributed by atoms with Crippen LogP contribution in [0.15, 0.2) is 116 Å². The Hall–Kier alpha value is -4.29. The van der Waals surface area contributed by atoms with Gasteiger partial charge in [-0.05, 0) is 41.5 Å². The molecule has 3 heterocycles. The van der Waals surface area contributed by atoms with Crippen molar-refractivity contribution in [2.45, 2.75) is 17.6 Å². The summed E-state index contributed by atoms with van der Waals surface area (Å²) >= 11 is 0. The molecule has 2 aliphatic rings. The van der Waals surface area contributed by atoms with Crippen LogP contribution in [-0.2, 0) is 19.8 Å². The molecule has 0 radical (unpaired) electrons. The average Bonchev–Trinajstić information content (AvgIpc) is 3.37. The third-order valence-electron chi connectivity index (χ3n) is 6.58. The average molecular weight is 447 g/mol. The van der Waals surface area contributed by atoms with Gasteiger partial charge in [0.25, 0.3) is 5.91 Å². The highest BCUT2D eigenvalue weighted by molar-refractivity contribution is 6.28. The number of amides is 2. The highest BCUT2D eigenvalue weighted by Crippen LogP contribution is 2.56. The zero-order chi connectivity index (χ0) is 23.1. The second-order valence-corrected chi connectivity index (χ2v) is 8.39. The molecule has 0 spiro atoms. The minimum Gasteiger partial charge on any atom is -0.273 e. The van der Waals surface area contributed by atoms with Gasteiger partial charge in [-0.2, -0.15) is 0 Å². The fraction of sp³-hybridized carbons (Fsp3) is 0.107. The lowest BCUT2D eigenvalue weighted by molar-refractivity contribution is -0.126. The van der Waals surface area contributed by atoms with Crippen molar-refractivity contribution < 1.29 is 14.4 Å². The number of anilines is 2. The van der Waals surface area contributed by atoms with Crippen LogP contribution in [0.5, 0.6) is 0 Å². The van der Waals surface area contributed by atoms with Gasteiger partial charge in [0.05, 0.1) is 11.4 Å². The van der Waals surface area contributed by atoms with Gasteiger partial charge >= 0.3 is 0 Å². The van der Waals surface area contributed by atoms with Gasteiger partial charge < -0.3 is 0 Å². The Kier molecular flexibility index (Phi) is 4.74. The van der Waals surface area contributed by atoms with Crippen LogP contribution in [0.3, 0.4) is 0 Å². The number of carbonyl (C=O) groups excluding carboxylic acids is 2.